The van der Waals surface area contributed by atoms with E-state index >= 15 is 0 Å². The average molecular weight is 489 g/mol. The van der Waals surface area contributed by atoms with E-state index in [9.17, 15) is 33.9 Å². The highest BCUT2D eigenvalue weighted by Gasteiger charge is 2.31. The Morgan fingerprint density at radius 1 is 0.676 bits per heavy atom. The maximum atomic E-state index is 12.9. The lowest BCUT2D eigenvalue weighted by atomic mass is 10.00. The van der Waals surface area contributed by atoms with Crippen LogP contribution in [0.2, 0.25) is 0 Å². The summed E-state index contributed by atoms with van der Waals surface area (Å²) < 4.78 is 0. The van der Waals surface area contributed by atoms with E-state index in [4.69, 9.17) is 15.9 Å². The predicted molar refractivity (Wildman–Crippen MR) is 119 cm³/mol. The summed E-state index contributed by atoms with van der Waals surface area (Å²) in [5.41, 5.74) is 5.50. The van der Waals surface area contributed by atoms with Crippen molar-refractivity contribution in [2.75, 3.05) is 0 Å². The lowest BCUT2D eigenvalue weighted by Crippen LogP contribution is -2.57. The highest BCUT2D eigenvalue weighted by Crippen LogP contribution is 2.10. The number of nitrogens with one attached hydrogen (secondary N) is 3. The molecule has 4 atom stereocenters. The van der Waals surface area contributed by atoms with Crippen LogP contribution in [0.5, 0.6) is 0 Å². The quantitative estimate of drug-likeness (QED) is 0.144. The summed E-state index contributed by atoms with van der Waals surface area (Å²) in [6.07, 6.45) is -1.23. The van der Waals surface area contributed by atoms with Gasteiger partial charge in [-0.25, -0.2) is 4.79 Å². The fraction of sp³-hybridized carbons (Fsp3) is 0.714. The Labute approximate surface area is 197 Å². The molecule has 0 spiro atoms. The number of aliphatic carboxylic acids is 3. The predicted octanol–water partition coefficient (Wildman–Crippen LogP) is -0.716. The van der Waals surface area contributed by atoms with Crippen LogP contribution in [-0.4, -0.2) is 75.1 Å². The number of hydrogen-bond acceptors (Lipinski definition) is 7. The van der Waals surface area contributed by atoms with Crippen LogP contribution in [0.4, 0.5) is 0 Å². The van der Waals surface area contributed by atoms with Crippen LogP contribution in [0.3, 0.4) is 0 Å². The van der Waals surface area contributed by atoms with Crippen molar-refractivity contribution in [1.82, 2.24) is 16.0 Å². The van der Waals surface area contributed by atoms with Gasteiger partial charge in [-0.2, -0.15) is 0 Å². The zero-order chi connectivity index (χ0) is 26.6. The highest BCUT2D eigenvalue weighted by atomic mass is 16.4. The molecule has 0 bridgehead atoms. The summed E-state index contributed by atoms with van der Waals surface area (Å²) in [6, 6.07) is -5.20. The molecule has 0 radical (unpaired) electrons. The zero-order valence-corrected chi connectivity index (χ0v) is 19.9. The first-order valence-electron chi connectivity index (χ1n) is 11.0. The van der Waals surface area contributed by atoms with Crippen molar-refractivity contribution in [1.29, 1.82) is 0 Å². The van der Waals surface area contributed by atoms with Gasteiger partial charge in [0.2, 0.25) is 17.7 Å². The maximum Gasteiger partial charge on any atom is 0.326 e. The lowest BCUT2D eigenvalue weighted by Gasteiger charge is -2.26. The van der Waals surface area contributed by atoms with E-state index < -0.39 is 72.6 Å². The minimum Gasteiger partial charge on any atom is -0.481 e. The van der Waals surface area contributed by atoms with Crippen molar-refractivity contribution >= 4 is 35.6 Å². The third kappa shape index (κ3) is 12.7. The number of amides is 3. The molecule has 0 aromatic heterocycles. The molecule has 194 valence electrons. The number of carboxylic acids is 3. The second kappa shape index (κ2) is 14.8. The van der Waals surface area contributed by atoms with Gasteiger partial charge < -0.3 is 37.0 Å². The number of hydrogen-bond donors (Lipinski definition) is 7. The number of carbonyl (C=O) groups excluding carboxylic acids is 3. The van der Waals surface area contributed by atoms with E-state index in [1.54, 1.807) is 27.7 Å². The van der Waals surface area contributed by atoms with Crippen LogP contribution >= 0.6 is 0 Å². The summed E-state index contributed by atoms with van der Waals surface area (Å²) in [6.45, 7) is 7.15. The van der Waals surface area contributed by atoms with Gasteiger partial charge in [-0.3, -0.25) is 24.0 Å². The first kappa shape index (κ1) is 30.8. The summed E-state index contributed by atoms with van der Waals surface area (Å²) in [5, 5.41) is 34.2. The van der Waals surface area contributed by atoms with Crippen LogP contribution in [-0.2, 0) is 28.8 Å². The summed E-state index contributed by atoms with van der Waals surface area (Å²) >= 11 is 0. The molecule has 34 heavy (non-hydrogen) atoms. The van der Waals surface area contributed by atoms with E-state index in [1.807, 2.05) is 0 Å². The monoisotopic (exact) mass is 488 g/mol. The Morgan fingerprint density at radius 2 is 1.12 bits per heavy atom. The molecule has 0 rings (SSSR count). The number of rotatable bonds is 16. The minimum atomic E-state index is -1.47. The van der Waals surface area contributed by atoms with Crippen molar-refractivity contribution in [3.05, 3.63) is 0 Å². The van der Waals surface area contributed by atoms with Crippen LogP contribution < -0.4 is 21.7 Å². The average Bonchev–Trinajstić information content (AvgIpc) is 2.68. The van der Waals surface area contributed by atoms with E-state index in [2.05, 4.69) is 16.0 Å². The topological polar surface area (TPSA) is 225 Å². The largest absolute Gasteiger partial charge is 0.481 e. The van der Waals surface area contributed by atoms with Gasteiger partial charge in [-0.15, -0.1) is 0 Å². The number of nitrogens with two attached hydrogens (primary N) is 1. The third-order valence-electron chi connectivity index (χ3n) is 4.67. The summed E-state index contributed by atoms with van der Waals surface area (Å²) in [5.74, 6) is -6.50. The second-order valence-corrected chi connectivity index (χ2v) is 8.92. The smallest absolute Gasteiger partial charge is 0.326 e. The fourth-order valence-electron chi connectivity index (χ4n) is 3.04. The van der Waals surface area contributed by atoms with E-state index in [0.717, 1.165) is 0 Å². The Kier molecular flexibility index (Phi) is 13.4. The standard InChI is InChI=1S/C21H36N4O9/c1-10(2)7-14(20(32)25-15(21(33)34)8-11(3)4)24-19(31)13(5-6-16(26)27)23-18(30)12(22)9-17(28)29/h10-15H,5-9,22H2,1-4H3,(H,23,30)(H,24,31)(H,25,32)(H,26,27)(H,28,29)(H,33,34). The molecule has 0 aliphatic carbocycles. The number of carbonyl (C=O) groups is 6. The van der Waals surface area contributed by atoms with Gasteiger partial charge in [0.05, 0.1) is 12.5 Å². The molecule has 4 unspecified atom stereocenters. The fourth-order valence-corrected chi connectivity index (χ4v) is 3.04. The molecule has 0 heterocycles. The number of carboxylic acid groups (broad SMARTS) is 3. The molecule has 8 N–H and O–H groups in total. The normalized spacial score (nSPS) is 14.6. The Balaban J connectivity index is 5.58. The first-order chi connectivity index (χ1) is 15.6. The molecule has 0 aliphatic rings. The van der Waals surface area contributed by atoms with Gasteiger partial charge in [0.15, 0.2) is 0 Å². The van der Waals surface area contributed by atoms with Gasteiger partial charge in [0.1, 0.15) is 18.1 Å². The maximum absolute atomic E-state index is 12.9. The van der Waals surface area contributed by atoms with E-state index in [-0.39, 0.29) is 31.1 Å². The minimum absolute atomic E-state index is 0.0230. The van der Waals surface area contributed by atoms with Gasteiger partial charge in [0, 0.05) is 6.42 Å². The van der Waals surface area contributed by atoms with Crippen molar-refractivity contribution in [2.45, 2.75) is 84.0 Å². The molecule has 0 saturated heterocycles. The van der Waals surface area contributed by atoms with Crippen LogP contribution in [0.15, 0.2) is 0 Å². The molecule has 13 heteroatoms. The van der Waals surface area contributed by atoms with Crippen molar-refractivity contribution in [3.8, 4) is 0 Å². The van der Waals surface area contributed by atoms with E-state index in [0.29, 0.717) is 0 Å². The second-order valence-electron chi connectivity index (χ2n) is 8.92. The van der Waals surface area contributed by atoms with Crippen molar-refractivity contribution in [2.24, 2.45) is 17.6 Å². The molecule has 0 fully saturated rings. The molecule has 13 nitrogen and oxygen atoms in total. The molecule has 3 amide bonds. The molecule has 0 saturated carbocycles. The first-order valence-corrected chi connectivity index (χ1v) is 11.0. The van der Waals surface area contributed by atoms with Gasteiger partial charge in [0.25, 0.3) is 0 Å². The molecule has 0 aliphatic heterocycles. The third-order valence-corrected chi connectivity index (χ3v) is 4.67. The zero-order valence-electron chi connectivity index (χ0n) is 19.9. The van der Waals surface area contributed by atoms with Crippen LogP contribution in [0.25, 0.3) is 0 Å². The lowest BCUT2D eigenvalue weighted by molar-refractivity contribution is -0.143. The summed E-state index contributed by atoms with van der Waals surface area (Å²) in [4.78, 5) is 71.1. The van der Waals surface area contributed by atoms with Gasteiger partial charge >= 0.3 is 17.9 Å². The summed E-state index contributed by atoms with van der Waals surface area (Å²) in [7, 11) is 0. The van der Waals surface area contributed by atoms with Gasteiger partial charge in [-0.05, 0) is 31.1 Å². The molecule has 0 aromatic rings. The Morgan fingerprint density at radius 3 is 1.56 bits per heavy atom. The molecule has 0 aromatic carbocycles. The van der Waals surface area contributed by atoms with Crippen molar-refractivity contribution < 1.29 is 44.1 Å². The van der Waals surface area contributed by atoms with Crippen molar-refractivity contribution in [3.63, 3.8) is 0 Å². The molecular weight excluding hydrogens is 452 g/mol. The van der Waals surface area contributed by atoms with Crippen LogP contribution in [0, 0.1) is 11.8 Å². The van der Waals surface area contributed by atoms with E-state index in [1.165, 1.54) is 0 Å². The van der Waals surface area contributed by atoms with Crippen LogP contribution in [0.1, 0.15) is 59.8 Å². The Bertz CT molecular complexity index is 755. The SMILES string of the molecule is CC(C)CC(NC(=O)C(CC(C)C)NC(=O)C(CCC(=O)O)NC(=O)C(N)CC(=O)O)C(=O)O. The van der Waals surface area contributed by atoms with Gasteiger partial charge in [-0.1, -0.05) is 27.7 Å². The highest BCUT2D eigenvalue weighted by molar-refractivity contribution is 5.94. The molecular formula is C21H36N4O9. The Hall–Kier alpha value is -3.22.